The van der Waals surface area contributed by atoms with Crippen molar-refractivity contribution in [1.29, 1.82) is 0 Å². The summed E-state index contributed by atoms with van der Waals surface area (Å²) < 4.78 is 5.54. The van der Waals surface area contributed by atoms with Gasteiger partial charge in [-0.15, -0.1) is 10.2 Å². The van der Waals surface area contributed by atoms with E-state index < -0.39 is 0 Å². The summed E-state index contributed by atoms with van der Waals surface area (Å²) in [5.74, 6) is 1.15. The van der Waals surface area contributed by atoms with E-state index in [-0.39, 0.29) is 5.54 Å². The van der Waals surface area contributed by atoms with Gasteiger partial charge in [0.05, 0.1) is 0 Å². The molecular formula is C12H19N5O. The zero-order valence-electron chi connectivity index (χ0n) is 11.0. The number of hydrogen-bond acceptors (Lipinski definition) is 5. The molecule has 0 unspecified atom stereocenters. The first-order valence-corrected chi connectivity index (χ1v) is 6.12. The Balaban J connectivity index is 1.81. The lowest BCUT2D eigenvalue weighted by Crippen LogP contribution is -2.36. The van der Waals surface area contributed by atoms with Crippen molar-refractivity contribution in [2.45, 2.75) is 39.2 Å². The SMILES string of the molecule is CC(C)(C)NCCCc1nnc(-c2ccn[nH]2)o1. The van der Waals surface area contributed by atoms with Crippen molar-refractivity contribution in [3.05, 3.63) is 18.2 Å². The third-order valence-electron chi connectivity index (χ3n) is 2.42. The smallest absolute Gasteiger partial charge is 0.265 e. The molecule has 0 atom stereocenters. The summed E-state index contributed by atoms with van der Waals surface area (Å²) in [7, 11) is 0. The summed E-state index contributed by atoms with van der Waals surface area (Å²) >= 11 is 0. The fourth-order valence-electron chi connectivity index (χ4n) is 1.54. The van der Waals surface area contributed by atoms with Crippen LogP contribution >= 0.6 is 0 Å². The van der Waals surface area contributed by atoms with Gasteiger partial charge in [0, 0.05) is 18.2 Å². The van der Waals surface area contributed by atoms with Crippen LogP contribution in [-0.4, -0.2) is 32.5 Å². The van der Waals surface area contributed by atoms with Gasteiger partial charge in [-0.3, -0.25) is 5.10 Å². The zero-order valence-corrected chi connectivity index (χ0v) is 11.0. The second kappa shape index (κ2) is 5.30. The average molecular weight is 249 g/mol. The lowest BCUT2D eigenvalue weighted by molar-refractivity contribution is 0.412. The summed E-state index contributed by atoms with van der Waals surface area (Å²) in [6, 6.07) is 1.80. The van der Waals surface area contributed by atoms with Gasteiger partial charge < -0.3 is 9.73 Å². The molecule has 0 aliphatic heterocycles. The quantitative estimate of drug-likeness (QED) is 0.790. The van der Waals surface area contributed by atoms with Gasteiger partial charge in [-0.25, -0.2) is 0 Å². The molecule has 0 aliphatic rings. The fraction of sp³-hybridized carbons (Fsp3) is 0.583. The summed E-state index contributed by atoms with van der Waals surface area (Å²) in [6.07, 6.45) is 3.42. The molecule has 0 spiro atoms. The second-order valence-corrected chi connectivity index (χ2v) is 5.25. The van der Waals surface area contributed by atoms with Gasteiger partial charge in [0.1, 0.15) is 5.69 Å². The minimum atomic E-state index is 0.149. The Morgan fingerprint density at radius 2 is 2.17 bits per heavy atom. The van der Waals surface area contributed by atoms with E-state index in [0.717, 1.165) is 25.1 Å². The number of nitrogens with zero attached hydrogens (tertiary/aromatic N) is 3. The molecule has 6 heteroatoms. The van der Waals surface area contributed by atoms with Crippen molar-refractivity contribution in [2.75, 3.05) is 6.54 Å². The molecule has 0 amide bonds. The van der Waals surface area contributed by atoms with Crippen LogP contribution < -0.4 is 5.32 Å². The third kappa shape index (κ3) is 3.66. The molecular weight excluding hydrogens is 230 g/mol. The van der Waals surface area contributed by atoms with Crippen LogP contribution in [0.15, 0.2) is 16.7 Å². The van der Waals surface area contributed by atoms with Crippen molar-refractivity contribution >= 4 is 0 Å². The molecule has 2 heterocycles. The number of aryl methyl sites for hydroxylation is 1. The van der Waals surface area contributed by atoms with E-state index in [9.17, 15) is 0 Å². The van der Waals surface area contributed by atoms with Crippen molar-refractivity contribution in [3.63, 3.8) is 0 Å². The highest BCUT2D eigenvalue weighted by atomic mass is 16.4. The first-order valence-electron chi connectivity index (χ1n) is 6.12. The van der Waals surface area contributed by atoms with Crippen LogP contribution in [0.4, 0.5) is 0 Å². The van der Waals surface area contributed by atoms with E-state index in [2.05, 4.69) is 46.5 Å². The number of H-pyrrole nitrogens is 1. The van der Waals surface area contributed by atoms with E-state index in [0.29, 0.717) is 11.8 Å². The van der Waals surface area contributed by atoms with Crippen molar-refractivity contribution in [3.8, 4) is 11.6 Å². The highest BCUT2D eigenvalue weighted by molar-refractivity contribution is 5.44. The largest absolute Gasteiger partial charge is 0.419 e. The van der Waals surface area contributed by atoms with Crippen LogP contribution in [0.3, 0.4) is 0 Å². The Hall–Kier alpha value is -1.69. The molecule has 0 saturated carbocycles. The highest BCUT2D eigenvalue weighted by Gasteiger charge is 2.10. The maximum absolute atomic E-state index is 5.54. The van der Waals surface area contributed by atoms with Crippen LogP contribution in [0.25, 0.3) is 11.6 Å². The third-order valence-corrected chi connectivity index (χ3v) is 2.42. The lowest BCUT2D eigenvalue weighted by Gasteiger charge is -2.19. The molecule has 2 rings (SSSR count). The summed E-state index contributed by atoms with van der Waals surface area (Å²) in [5.41, 5.74) is 0.900. The minimum Gasteiger partial charge on any atom is -0.419 e. The summed E-state index contributed by atoms with van der Waals surface area (Å²) in [4.78, 5) is 0. The lowest BCUT2D eigenvalue weighted by atomic mass is 10.1. The minimum absolute atomic E-state index is 0.149. The van der Waals surface area contributed by atoms with Gasteiger partial charge in [-0.1, -0.05) is 0 Å². The number of nitrogens with one attached hydrogen (secondary N) is 2. The standard InChI is InChI=1S/C12H19N5O/c1-12(2,3)13-7-4-5-10-16-17-11(18-10)9-6-8-14-15-9/h6,8,13H,4-5,7H2,1-3H3,(H,14,15). The second-order valence-electron chi connectivity index (χ2n) is 5.25. The Kier molecular flexibility index (Phi) is 3.76. The molecule has 2 aromatic heterocycles. The van der Waals surface area contributed by atoms with Crippen molar-refractivity contribution < 1.29 is 4.42 Å². The van der Waals surface area contributed by atoms with Gasteiger partial charge in [0.2, 0.25) is 5.89 Å². The Morgan fingerprint density at radius 3 is 2.83 bits per heavy atom. The van der Waals surface area contributed by atoms with Crippen LogP contribution in [-0.2, 0) is 6.42 Å². The molecule has 0 bridgehead atoms. The van der Waals surface area contributed by atoms with E-state index in [1.807, 2.05) is 0 Å². The molecule has 0 radical (unpaired) electrons. The van der Waals surface area contributed by atoms with Gasteiger partial charge >= 0.3 is 0 Å². The Morgan fingerprint density at radius 1 is 1.33 bits per heavy atom. The molecule has 2 aromatic rings. The van der Waals surface area contributed by atoms with E-state index >= 15 is 0 Å². The predicted octanol–water partition coefficient (Wildman–Crippen LogP) is 1.78. The number of hydrogen-bond donors (Lipinski definition) is 2. The molecule has 0 aliphatic carbocycles. The van der Waals surface area contributed by atoms with E-state index in [1.54, 1.807) is 12.3 Å². The first kappa shape index (κ1) is 12.8. The van der Waals surface area contributed by atoms with Gasteiger partial charge in [-0.05, 0) is 39.8 Å². The van der Waals surface area contributed by atoms with Crippen molar-refractivity contribution in [1.82, 2.24) is 25.7 Å². The zero-order chi connectivity index (χ0) is 13.0. The Labute approximate surface area is 106 Å². The normalized spacial score (nSPS) is 11.9. The molecule has 0 saturated heterocycles. The van der Waals surface area contributed by atoms with Gasteiger partial charge in [0.15, 0.2) is 0 Å². The number of rotatable bonds is 5. The topological polar surface area (TPSA) is 79.6 Å². The number of aromatic nitrogens is 4. The maximum Gasteiger partial charge on any atom is 0.265 e. The predicted molar refractivity (Wildman–Crippen MR) is 68.0 cm³/mol. The maximum atomic E-state index is 5.54. The van der Waals surface area contributed by atoms with Crippen LogP contribution in [0.2, 0.25) is 0 Å². The first-order chi connectivity index (χ1) is 8.54. The van der Waals surface area contributed by atoms with Crippen molar-refractivity contribution in [2.24, 2.45) is 0 Å². The summed E-state index contributed by atoms with van der Waals surface area (Å²) in [5, 5.41) is 18.1. The fourth-order valence-corrected chi connectivity index (χ4v) is 1.54. The van der Waals surface area contributed by atoms with E-state index in [1.165, 1.54) is 0 Å². The molecule has 0 fully saturated rings. The number of aromatic amines is 1. The van der Waals surface area contributed by atoms with Gasteiger partial charge in [0.25, 0.3) is 5.89 Å². The molecule has 0 aromatic carbocycles. The highest BCUT2D eigenvalue weighted by Crippen LogP contribution is 2.14. The average Bonchev–Trinajstić information content (AvgIpc) is 2.93. The molecule has 18 heavy (non-hydrogen) atoms. The van der Waals surface area contributed by atoms with Crippen LogP contribution in [0.1, 0.15) is 33.1 Å². The van der Waals surface area contributed by atoms with Gasteiger partial charge in [-0.2, -0.15) is 5.10 Å². The monoisotopic (exact) mass is 249 g/mol. The van der Waals surface area contributed by atoms with Crippen LogP contribution in [0.5, 0.6) is 0 Å². The van der Waals surface area contributed by atoms with Crippen LogP contribution in [0, 0.1) is 0 Å². The van der Waals surface area contributed by atoms with E-state index in [4.69, 9.17) is 4.42 Å². The molecule has 98 valence electrons. The summed E-state index contributed by atoms with van der Waals surface area (Å²) in [6.45, 7) is 7.38. The molecule has 2 N–H and O–H groups in total. The Bertz CT molecular complexity index is 469. The molecule has 6 nitrogen and oxygen atoms in total.